The quantitative estimate of drug-likeness (QED) is 0.287. The third-order valence-corrected chi connectivity index (χ3v) is 7.05. The Kier molecular flexibility index (Phi) is 14.0. The van der Waals surface area contributed by atoms with Gasteiger partial charge in [0.2, 0.25) is 0 Å². The van der Waals surface area contributed by atoms with Crippen LogP contribution in [-0.4, -0.2) is 65.3 Å². The topological polar surface area (TPSA) is 125 Å². The molecule has 1 aromatic carbocycles. The number of nitrogens with zero attached hydrogens (tertiary/aromatic N) is 3. The number of aliphatic carboxylic acids is 1. The number of anilines is 1. The third kappa shape index (κ3) is 11.3. The van der Waals surface area contributed by atoms with Crippen LogP contribution >= 0.6 is 23.2 Å². The Bertz CT molecular complexity index is 1200. The summed E-state index contributed by atoms with van der Waals surface area (Å²) in [6.45, 7) is 10.2. The minimum atomic E-state index is -0.904. The van der Waals surface area contributed by atoms with Gasteiger partial charge in [0.05, 0.1) is 24.3 Å². The standard InChI is InChI=1S/C14H20ClFN2.C9H10N2O2.C6H6ClN.CH2O/c1-10(15)3-2-4-13(16)12-7-8-18(14(12)17)9-11-5-6-11;1-6-5-10-8-4-7(9(12)13)2-3-11(6)8;7-5-2-1-3-6(8)4-5;1-2/h2-4,11-12,14H,1,5-9,17H2;2-4,6H,5H2,1H3,(H,12,13);1-4H,8H2;1H2/b3-2-,13-4-;;;. The van der Waals surface area contributed by atoms with Crippen LogP contribution in [0.1, 0.15) is 26.2 Å². The molecule has 41 heavy (non-hydrogen) atoms. The summed E-state index contributed by atoms with van der Waals surface area (Å²) in [6, 6.07) is 7.46. The van der Waals surface area contributed by atoms with Crippen LogP contribution in [0.2, 0.25) is 5.02 Å². The van der Waals surface area contributed by atoms with Crippen molar-refractivity contribution in [2.75, 3.05) is 25.4 Å². The van der Waals surface area contributed by atoms with E-state index in [4.69, 9.17) is 44.6 Å². The van der Waals surface area contributed by atoms with Crippen molar-refractivity contribution in [3.63, 3.8) is 0 Å². The number of fused-ring (bicyclic) bond motifs is 1. The fourth-order valence-electron chi connectivity index (χ4n) is 4.35. The van der Waals surface area contributed by atoms with Gasteiger partial charge in [0.1, 0.15) is 18.5 Å². The molecule has 1 saturated heterocycles. The number of benzene rings is 1. The Labute approximate surface area is 251 Å². The molecule has 4 aliphatic rings. The van der Waals surface area contributed by atoms with Crippen LogP contribution in [0.3, 0.4) is 0 Å². The molecule has 3 aliphatic heterocycles. The minimum absolute atomic E-state index is 0.157. The van der Waals surface area contributed by atoms with Crippen LogP contribution in [0.25, 0.3) is 0 Å². The van der Waals surface area contributed by atoms with Gasteiger partial charge in [-0.05, 0) is 74.6 Å². The van der Waals surface area contributed by atoms with Crippen LogP contribution in [0.4, 0.5) is 10.1 Å². The largest absolute Gasteiger partial charge is 0.478 e. The average Bonchev–Trinajstić information content (AvgIpc) is 3.58. The van der Waals surface area contributed by atoms with Gasteiger partial charge in [-0.2, -0.15) is 0 Å². The number of allylic oxidation sites excluding steroid dienone is 4. The lowest BCUT2D eigenvalue weighted by molar-refractivity contribution is -0.132. The summed E-state index contributed by atoms with van der Waals surface area (Å²) in [7, 11) is 0. The highest BCUT2D eigenvalue weighted by Gasteiger charge is 2.36. The molecule has 0 amide bonds. The zero-order valence-corrected chi connectivity index (χ0v) is 24.6. The minimum Gasteiger partial charge on any atom is -0.478 e. The smallest absolute Gasteiger partial charge is 0.335 e. The number of carboxylic acids is 1. The monoisotopic (exact) mass is 605 g/mol. The predicted molar refractivity (Wildman–Crippen MR) is 165 cm³/mol. The number of halogens is 3. The maximum absolute atomic E-state index is 14.0. The first kappa shape index (κ1) is 34.0. The van der Waals surface area contributed by atoms with Crippen molar-refractivity contribution in [2.24, 2.45) is 22.6 Å². The Hall–Kier alpha value is -3.24. The van der Waals surface area contributed by atoms with Crippen LogP contribution < -0.4 is 11.5 Å². The van der Waals surface area contributed by atoms with Gasteiger partial charge < -0.3 is 26.3 Å². The molecule has 2 fully saturated rings. The van der Waals surface area contributed by atoms with Gasteiger partial charge in [0, 0.05) is 40.9 Å². The van der Waals surface area contributed by atoms with E-state index >= 15 is 0 Å². The van der Waals surface area contributed by atoms with E-state index in [0.29, 0.717) is 27.4 Å². The fraction of sp³-hybridized carbons (Fsp3) is 0.367. The summed E-state index contributed by atoms with van der Waals surface area (Å²) in [6.07, 6.45) is 12.8. The Morgan fingerprint density at radius 2 is 2.00 bits per heavy atom. The van der Waals surface area contributed by atoms with Crippen LogP contribution in [0.15, 0.2) is 88.8 Å². The lowest BCUT2D eigenvalue weighted by Crippen LogP contribution is -2.41. The van der Waals surface area contributed by atoms with Gasteiger partial charge in [-0.25, -0.2) is 9.18 Å². The molecule has 1 aromatic rings. The van der Waals surface area contributed by atoms with Gasteiger partial charge in [0.25, 0.3) is 0 Å². The summed E-state index contributed by atoms with van der Waals surface area (Å²) in [5.41, 5.74) is 12.5. The van der Waals surface area contributed by atoms with Gasteiger partial charge in [-0.15, -0.1) is 0 Å². The lowest BCUT2D eigenvalue weighted by atomic mass is 10.0. The van der Waals surface area contributed by atoms with Crippen molar-refractivity contribution in [1.29, 1.82) is 0 Å². The van der Waals surface area contributed by atoms with E-state index < -0.39 is 5.97 Å². The van der Waals surface area contributed by atoms with Crippen molar-refractivity contribution in [2.45, 2.75) is 38.4 Å². The fourth-order valence-corrected chi connectivity index (χ4v) is 4.62. The van der Waals surface area contributed by atoms with Gasteiger partial charge in [0.15, 0.2) is 0 Å². The Morgan fingerprint density at radius 1 is 1.29 bits per heavy atom. The number of carboxylic acid groups (broad SMARTS) is 1. The molecule has 11 heteroatoms. The van der Waals surface area contributed by atoms with E-state index in [-0.39, 0.29) is 17.9 Å². The number of aliphatic imine (C=N–C) groups is 1. The molecular weight excluding hydrogens is 568 g/mol. The molecule has 1 saturated carbocycles. The number of carbonyl (C=O) groups is 2. The second-order valence-corrected chi connectivity index (χ2v) is 10.8. The van der Waals surface area contributed by atoms with E-state index in [2.05, 4.69) is 23.4 Å². The number of likely N-dealkylation sites (tertiary alicyclic amines) is 1. The van der Waals surface area contributed by atoms with Crippen LogP contribution in [-0.2, 0) is 9.59 Å². The first-order valence-electron chi connectivity index (χ1n) is 13.2. The number of hydrogen-bond acceptors (Lipinski definition) is 7. The molecule has 3 heterocycles. The van der Waals surface area contributed by atoms with E-state index in [9.17, 15) is 9.18 Å². The molecule has 5 N–H and O–H groups in total. The summed E-state index contributed by atoms with van der Waals surface area (Å²) < 4.78 is 14.0. The summed E-state index contributed by atoms with van der Waals surface area (Å²) in [4.78, 5) is 27.0. The highest BCUT2D eigenvalue weighted by atomic mass is 35.5. The van der Waals surface area contributed by atoms with E-state index in [1.165, 1.54) is 18.9 Å². The number of amidine groups is 1. The third-order valence-electron chi connectivity index (χ3n) is 6.69. The second kappa shape index (κ2) is 16.9. The normalized spacial score (nSPS) is 23.2. The SMILES string of the molecule is C=C(Cl)/C=C\C=C(/F)C1CCN(CC2CC2)C1N.C=O.CC1CN=C2C=C(C(=O)O)C=CN21.Nc1cccc(Cl)c1. The van der Waals surface area contributed by atoms with Crippen molar-refractivity contribution >= 4 is 47.5 Å². The number of nitrogen functional groups attached to an aromatic ring is 1. The van der Waals surface area contributed by atoms with Crippen LogP contribution in [0, 0.1) is 11.8 Å². The molecule has 5 rings (SSSR count). The average molecular weight is 607 g/mol. The number of carbonyl (C=O) groups excluding carboxylic acids is 1. The summed E-state index contributed by atoms with van der Waals surface area (Å²) in [5.74, 6) is 0.304. The highest BCUT2D eigenvalue weighted by Crippen LogP contribution is 2.35. The molecule has 0 spiro atoms. The van der Waals surface area contributed by atoms with Gasteiger partial charge in [-0.3, -0.25) is 9.89 Å². The Morgan fingerprint density at radius 3 is 2.56 bits per heavy atom. The molecule has 0 radical (unpaired) electrons. The van der Waals surface area contributed by atoms with Gasteiger partial charge >= 0.3 is 5.97 Å². The van der Waals surface area contributed by atoms with E-state index in [1.54, 1.807) is 48.7 Å². The molecule has 3 unspecified atom stereocenters. The van der Waals surface area contributed by atoms with Crippen molar-refractivity contribution < 1.29 is 19.1 Å². The van der Waals surface area contributed by atoms with Crippen molar-refractivity contribution in [1.82, 2.24) is 9.80 Å². The Balaban J connectivity index is 0.000000223. The maximum atomic E-state index is 14.0. The molecule has 3 atom stereocenters. The first-order chi connectivity index (χ1) is 19.5. The number of hydrogen-bond donors (Lipinski definition) is 3. The maximum Gasteiger partial charge on any atom is 0.335 e. The number of nitrogens with two attached hydrogens (primary N) is 2. The van der Waals surface area contributed by atoms with Crippen LogP contribution in [0.5, 0.6) is 0 Å². The molecule has 0 aromatic heterocycles. The highest BCUT2D eigenvalue weighted by molar-refractivity contribution is 6.31. The van der Waals surface area contributed by atoms with E-state index in [1.807, 2.05) is 17.8 Å². The lowest BCUT2D eigenvalue weighted by Gasteiger charge is -2.23. The summed E-state index contributed by atoms with van der Waals surface area (Å²) >= 11 is 11.1. The second-order valence-electron chi connectivity index (χ2n) is 9.91. The summed E-state index contributed by atoms with van der Waals surface area (Å²) in [5, 5.41) is 9.81. The molecular formula is C30H38Cl2FN5O3. The zero-order valence-electron chi connectivity index (χ0n) is 23.1. The van der Waals surface area contributed by atoms with Gasteiger partial charge in [-0.1, -0.05) is 41.9 Å². The molecule has 8 nitrogen and oxygen atoms in total. The number of rotatable bonds is 6. The van der Waals surface area contributed by atoms with Crippen molar-refractivity contribution in [3.8, 4) is 0 Å². The predicted octanol–water partition coefficient (Wildman–Crippen LogP) is 5.53. The molecule has 222 valence electrons. The first-order valence-corrected chi connectivity index (χ1v) is 13.9. The zero-order chi connectivity index (χ0) is 30.5. The molecule has 0 bridgehead atoms. The van der Waals surface area contributed by atoms with Crippen molar-refractivity contribution in [3.05, 3.63) is 88.9 Å². The van der Waals surface area contributed by atoms with E-state index in [0.717, 1.165) is 37.8 Å². The molecule has 1 aliphatic carbocycles.